The molecule has 0 unspecified atom stereocenters. The minimum atomic E-state index is 0.587. The monoisotopic (exact) mass is 238 g/mol. The molecule has 0 saturated heterocycles. The first-order chi connectivity index (χ1) is 8.81. The van der Waals surface area contributed by atoms with Crippen molar-refractivity contribution in [1.29, 1.82) is 0 Å². The first-order valence-electron chi connectivity index (χ1n) is 5.95. The van der Waals surface area contributed by atoms with Crippen LogP contribution in [0.5, 0.6) is 5.75 Å². The fourth-order valence-corrected chi connectivity index (χ4v) is 1.88. The molecule has 1 heterocycles. The van der Waals surface area contributed by atoms with E-state index >= 15 is 0 Å². The second-order valence-electron chi connectivity index (χ2n) is 4.44. The van der Waals surface area contributed by atoms with Gasteiger partial charge in [-0.25, -0.2) is 0 Å². The number of ether oxygens (including phenoxy) is 1. The van der Waals surface area contributed by atoms with Gasteiger partial charge >= 0.3 is 0 Å². The summed E-state index contributed by atoms with van der Waals surface area (Å²) in [5.74, 6) is 0.865. The summed E-state index contributed by atoms with van der Waals surface area (Å²) in [6.45, 7) is 2.67. The van der Waals surface area contributed by atoms with Crippen molar-refractivity contribution in [2.24, 2.45) is 0 Å². The molecule has 0 aliphatic rings. The number of hydrogen-bond donors (Lipinski definition) is 0. The van der Waals surface area contributed by atoms with Crippen LogP contribution in [0.4, 0.5) is 0 Å². The predicted octanol–water partition coefficient (Wildman–Crippen LogP) is 4.32. The minimum absolute atomic E-state index is 0.587. The Morgan fingerprint density at radius 2 is 1.72 bits per heavy atom. The maximum absolute atomic E-state index is 5.77. The topological polar surface area (TPSA) is 22.4 Å². The van der Waals surface area contributed by atoms with Gasteiger partial charge in [0.1, 0.15) is 12.4 Å². The molecule has 90 valence electrons. The Balaban J connectivity index is 1.74. The molecule has 3 aromatic rings. The van der Waals surface area contributed by atoms with E-state index in [4.69, 9.17) is 9.15 Å². The molecule has 18 heavy (non-hydrogen) atoms. The largest absolute Gasteiger partial charge is 0.489 e. The highest BCUT2D eigenvalue weighted by molar-refractivity contribution is 5.82. The Bertz CT molecular complexity index is 650. The van der Waals surface area contributed by atoms with E-state index in [2.05, 4.69) is 31.2 Å². The molecule has 0 saturated carbocycles. The average Bonchev–Trinajstić information content (AvgIpc) is 2.85. The van der Waals surface area contributed by atoms with Gasteiger partial charge in [0, 0.05) is 10.8 Å². The van der Waals surface area contributed by atoms with Gasteiger partial charge in [-0.15, -0.1) is 0 Å². The lowest BCUT2D eigenvalue weighted by Gasteiger charge is -2.06. The maximum Gasteiger partial charge on any atom is 0.120 e. The molecule has 2 nitrogen and oxygen atoms in total. The molecule has 0 aliphatic heterocycles. The van der Waals surface area contributed by atoms with Gasteiger partial charge in [-0.2, -0.15) is 0 Å². The number of rotatable bonds is 3. The van der Waals surface area contributed by atoms with Crippen molar-refractivity contribution in [3.63, 3.8) is 0 Å². The minimum Gasteiger partial charge on any atom is -0.489 e. The summed E-state index contributed by atoms with van der Waals surface area (Å²) in [5.41, 5.74) is 2.44. The molecule has 2 heteroatoms. The fourth-order valence-electron chi connectivity index (χ4n) is 1.88. The van der Waals surface area contributed by atoms with Gasteiger partial charge in [0.05, 0.1) is 12.5 Å². The second kappa shape index (κ2) is 4.57. The normalized spacial score (nSPS) is 10.7. The Labute approximate surface area is 106 Å². The molecule has 0 N–H and O–H groups in total. The van der Waals surface area contributed by atoms with Gasteiger partial charge in [0.15, 0.2) is 0 Å². The van der Waals surface area contributed by atoms with Crippen LogP contribution in [0.15, 0.2) is 59.4 Å². The summed E-state index contributed by atoms with van der Waals surface area (Å²) in [7, 11) is 0. The van der Waals surface area contributed by atoms with E-state index < -0.39 is 0 Å². The summed E-state index contributed by atoms with van der Waals surface area (Å²) < 4.78 is 10.9. The lowest BCUT2D eigenvalue weighted by Crippen LogP contribution is -1.94. The second-order valence-corrected chi connectivity index (χ2v) is 4.44. The summed E-state index contributed by atoms with van der Waals surface area (Å²) in [4.78, 5) is 0. The van der Waals surface area contributed by atoms with Gasteiger partial charge < -0.3 is 9.15 Å². The predicted molar refractivity (Wildman–Crippen MR) is 71.7 cm³/mol. The molecule has 1 aromatic heterocycles. The highest BCUT2D eigenvalue weighted by Crippen LogP contribution is 2.22. The van der Waals surface area contributed by atoms with Crippen molar-refractivity contribution in [3.8, 4) is 5.75 Å². The smallest absolute Gasteiger partial charge is 0.120 e. The Hall–Kier alpha value is -2.22. The van der Waals surface area contributed by atoms with Crippen molar-refractivity contribution < 1.29 is 9.15 Å². The summed E-state index contributed by atoms with van der Waals surface area (Å²) >= 11 is 0. The van der Waals surface area contributed by atoms with Gasteiger partial charge in [-0.05, 0) is 30.7 Å². The van der Waals surface area contributed by atoms with Crippen LogP contribution in [0.1, 0.15) is 11.1 Å². The van der Waals surface area contributed by atoms with Crippen LogP contribution in [-0.2, 0) is 6.61 Å². The van der Waals surface area contributed by atoms with Crippen molar-refractivity contribution in [1.82, 2.24) is 0 Å². The Morgan fingerprint density at radius 3 is 2.56 bits per heavy atom. The summed E-state index contributed by atoms with van der Waals surface area (Å²) in [5, 5.41) is 2.16. The Kier molecular flexibility index (Phi) is 2.77. The van der Waals surface area contributed by atoms with Gasteiger partial charge in [0.25, 0.3) is 0 Å². The number of aryl methyl sites for hydroxylation is 1. The zero-order chi connectivity index (χ0) is 12.4. The van der Waals surface area contributed by atoms with E-state index in [0.29, 0.717) is 6.61 Å². The van der Waals surface area contributed by atoms with Crippen molar-refractivity contribution >= 4 is 10.8 Å². The van der Waals surface area contributed by atoms with Gasteiger partial charge in [-0.1, -0.05) is 29.8 Å². The molecule has 0 aliphatic carbocycles. The van der Waals surface area contributed by atoms with Crippen molar-refractivity contribution in [2.45, 2.75) is 13.5 Å². The first-order valence-corrected chi connectivity index (χ1v) is 5.95. The van der Waals surface area contributed by atoms with E-state index in [0.717, 1.165) is 16.5 Å². The highest BCUT2D eigenvalue weighted by Gasteiger charge is 2.00. The molecule has 2 aromatic carbocycles. The molecule has 0 atom stereocenters. The molecule has 3 rings (SSSR count). The third-order valence-electron chi connectivity index (χ3n) is 2.97. The van der Waals surface area contributed by atoms with Crippen LogP contribution in [-0.4, -0.2) is 0 Å². The SMILES string of the molecule is Cc1ccc(COc2ccc3cocc3c2)cc1. The van der Waals surface area contributed by atoms with E-state index in [-0.39, 0.29) is 0 Å². The van der Waals surface area contributed by atoms with Crippen LogP contribution in [0.25, 0.3) is 10.8 Å². The van der Waals surface area contributed by atoms with Crippen LogP contribution in [0, 0.1) is 6.92 Å². The van der Waals surface area contributed by atoms with E-state index in [1.165, 1.54) is 11.1 Å². The lowest BCUT2D eigenvalue weighted by atomic mass is 10.2. The van der Waals surface area contributed by atoms with Crippen LogP contribution >= 0.6 is 0 Å². The van der Waals surface area contributed by atoms with Crippen LogP contribution < -0.4 is 4.74 Å². The third kappa shape index (κ3) is 2.23. The first kappa shape index (κ1) is 10.9. The molecule has 0 radical (unpaired) electrons. The fraction of sp³-hybridized carbons (Fsp3) is 0.125. The molecule has 0 fully saturated rings. The third-order valence-corrected chi connectivity index (χ3v) is 2.97. The highest BCUT2D eigenvalue weighted by atomic mass is 16.5. The van der Waals surface area contributed by atoms with Crippen molar-refractivity contribution in [3.05, 3.63) is 66.1 Å². The molecule has 0 amide bonds. The average molecular weight is 238 g/mol. The zero-order valence-corrected chi connectivity index (χ0v) is 10.2. The van der Waals surface area contributed by atoms with Crippen molar-refractivity contribution in [2.75, 3.05) is 0 Å². The molecular formula is C16H14O2. The van der Waals surface area contributed by atoms with Gasteiger partial charge in [-0.3, -0.25) is 0 Å². The maximum atomic E-state index is 5.77. The lowest BCUT2D eigenvalue weighted by molar-refractivity contribution is 0.306. The summed E-state index contributed by atoms with van der Waals surface area (Å²) in [6, 6.07) is 14.3. The Morgan fingerprint density at radius 1 is 0.944 bits per heavy atom. The number of fused-ring (bicyclic) bond motifs is 1. The number of furan rings is 1. The molecule has 0 bridgehead atoms. The zero-order valence-electron chi connectivity index (χ0n) is 10.2. The molecular weight excluding hydrogens is 224 g/mol. The van der Waals surface area contributed by atoms with Crippen LogP contribution in [0.2, 0.25) is 0 Å². The number of hydrogen-bond acceptors (Lipinski definition) is 2. The van der Waals surface area contributed by atoms with Crippen LogP contribution in [0.3, 0.4) is 0 Å². The van der Waals surface area contributed by atoms with E-state index in [9.17, 15) is 0 Å². The number of benzene rings is 2. The molecule has 0 spiro atoms. The van der Waals surface area contributed by atoms with E-state index in [1.54, 1.807) is 12.5 Å². The summed E-state index contributed by atoms with van der Waals surface area (Å²) in [6.07, 6.45) is 3.47. The quantitative estimate of drug-likeness (QED) is 0.678. The van der Waals surface area contributed by atoms with Gasteiger partial charge in [0.2, 0.25) is 0 Å². The standard InChI is InChI=1S/C16H14O2/c1-12-2-4-13(5-3-12)9-18-16-7-6-14-10-17-11-15(14)8-16/h2-8,10-11H,9H2,1H3. The van der Waals surface area contributed by atoms with E-state index in [1.807, 2.05) is 18.2 Å².